The molecule has 4 aliphatic rings. The van der Waals surface area contributed by atoms with Gasteiger partial charge in [0.25, 0.3) is 0 Å². The lowest BCUT2D eigenvalue weighted by Crippen LogP contribution is -2.50. The number of nitrogens with one attached hydrogen (secondary N) is 3. The lowest BCUT2D eigenvalue weighted by Gasteiger charge is -2.37. The number of likely N-dealkylation sites (tertiary alicyclic amines) is 2. The first kappa shape index (κ1) is 53.3. The van der Waals surface area contributed by atoms with Crippen LogP contribution in [0.4, 0.5) is 28.1 Å². The minimum atomic E-state index is -0.499. The Labute approximate surface area is 442 Å². The summed E-state index contributed by atoms with van der Waals surface area (Å²) in [7, 11) is 4.29. The molecule has 0 bridgehead atoms. The number of amides is 1. The van der Waals surface area contributed by atoms with E-state index in [1.165, 1.54) is 11.3 Å². The molecule has 0 atom stereocenters. The van der Waals surface area contributed by atoms with E-state index in [1.54, 1.807) is 9.42 Å². The highest BCUT2D eigenvalue weighted by Crippen LogP contribution is 2.29. The van der Waals surface area contributed by atoms with E-state index in [2.05, 4.69) is 130 Å². The molecule has 4 aromatic heterocycles. The van der Waals surface area contributed by atoms with E-state index in [0.717, 1.165) is 125 Å². The van der Waals surface area contributed by atoms with E-state index in [1.807, 2.05) is 43.7 Å². The standard InChI is InChI=1S/C30H44N8O3.C25H36N8O/c1-21(2)24-20-32-38-26(24)33-28(40-23-11-13-35(6)14-12-23)34-27(38)31-19-22-9-7-8-10-25(22)36-15-17-37(18-16-36)29(39)41-30(3,4)5;1-18(2)21-17-28-33-23(21)29-25(34-20-8-12-31(3)13-9-20)30-24(33)27-16-19-6-4-5-7-22(19)32-14-10-26-11-15-32/h7-10,20-21,23H,11-19H2,1-6H3,(H,31,33,34);4-7,17-18,20,26H,8-16H2,1-3H3,(H,27,29,30). The predicted molar refractivity (Wildman–Crippen MR) is 295 cm³/mol. The number of carbonyl (C=O) groups is 1. The monoisotopic (exact) mass is 1030 g/mol. The van der Waals surface area contributed by atoms with Crippen molar-refractivity contribution < 1.29 is 19.0 Å². The number of hydrogen-bond donors (Lipinski definition) is 3. The number of piperazine rings is 2. The van der Waals surface area contributed by atoms with Crippen LogP contribution in [0.3, 0.4) is 0 Å². The zero-order valence-electron chi connectivity index (χ0n) is 45.8. The molecular weight excluding hydrogens is 949 g/mol. The largest absolute Gasteiger partial charge is 0.460 e. The minimum Gasteiger partial charge on any atom is -0.460 e. The van der Waals surface area contributed by atoms with Gasteiger partial charge in [0.2, 0.25) is 11.9 Å². The minimum absolute atomic E-state index is 0.104. The zero-order chi connectivity index (χ0) is 52.6. The summed E-state index contributed by atoms with van der Waals surface area (Å²) in [6.07, 6.45) is 7.66. The van der Waals surface area contributed by atoms with Crippen LogP contribution in [-0.4, -0.2) is 170 Å². The van der Waals surface area contributed by atoms with Crippen LogP contribution in [0.25, 0.3) is 11.3 Å². The maximum Gasteiger partial charge on any atom is 0.410 e. The molecule has 20 nitrogen and oxygen atoms in total. The van der Waals surface area contributed by atoms with Crippen molar-refractivity contribution in [2.45, 2.75) is 117 Å². The first-order chi connectivity index (χ1) is 36.2. The van der Waals surface area contributed by atoms with Crippen molar-refractivity contribution in [3.05, 3.63) is 83.2 Å². The molecule has 3 N–H and O–H groups in total. The number of nitrogens with zero attached hydrogens (tertiary/aromatic N) is 13. The van der Waals surface area contributed by atoms with Gasteiger partial charge in [0.15, 0.2) is 11.3 Å². The number of anilines is 4. The Kier molecular flexibility index (Phi) is 17.1. The molecule has 0 aliphatic carbocycles. The normalized spacial score (nSPS) is 17.7. The molecule has 1 amide bonds. The second-order valence-corrected chi connectivity index (χ2v) is 22.0. The van der Waals surface area contributed by atoms with Crippen LogP contribution in [0.5, 0.6) is 12.0 Å². The van der Waals surface area contributed by atoms with Gasteiger partial charge in [-0.25, -0.2) is 4.79 Å². The Balaban J connectivity index is 0.000000187. The van der Waals surface area contributed by atoms with Crippen LogP contribution in [-0.2, 0) is 17.8 Å². The molecule has 0 spiro atoms. The van der Waals surface area contributed by atoms with Gasteiger partial charge in [-0.3, -0.25) is 0 Å². The molecule has 404 valence electrons. The number of hydrogen-bond acceptors (Lipinski definition) is 17. The van der Waals surface area contributed by atoms with Gasteiger partial charge in [0.1, 0.15) is 17.8 Å². The fourth-order valence-corrected chi connectivity index (χ4v) is 10.1. The van der Waals surface area contributed by atoms with Gasteiger partial charge in [-0.2, -0.15) is 39.2 Å². The lowest BCUT2D eigenvalue weighted by atomic mass is 10.1. The van der Waals surface area contributed by atoms with E-state index < -0.39 is 5.60 Å². The lowest BCUT2D eigenvalue weighted by molar-refractivity contribution is 0.0240. The summed E-state index contributed by atoms with van der Waals surface area (Å²) < 4.78 is 21.7. The number of ether oxygens (including phenoxy) is 3. The van der Waals surface area contributed by atoms with Crippen LogP contribution in [0.1, 0.15) is 108 Å². The van der Waals surface area contributed by atoms with E-state index in [0.29, 0.717) is 56.0 Å². The summed E-state index contributed by atoms with van der Waals surface area (Å²) in [4.78, 5) is 42.9. The number of aromatic nitrogens is 8. The molecule has 20 heteroatoms. The second-order valence-electron chi connectivity index (χ2n) is 22.0. The van der Waals surface area contributed by atoms with Crippen LogP contribution in [0.15, 0.2) is 60.9 Å². The SMILES string of the molecule is CC(C)c1cnn2c(NCc3ccccc3N3CCN(C(=O)OC(C)(C)C)CC3)nc(OC3CCN(C)CC3)nc12.CC(C)c1cnn2c(NCc3ccccc3N3CCNCC3)nc(OC3CCN(C)CC3)nc12. The summed E-state index contributed by atoms with van der Waals surface area (Å²) in [5.74, 6) is 1.85. The fraction of sp³-hybridized carbons (Fsp3) is 0.582. The second kappa shape index (κ2) is 24.0. The maximum atomic E-state index is 12.5. The third-order valence-electron chi connectivity index (χ3n) is 14.5. The molecule has 75 heavy (non-hydrogen) atoms. The van der Waals surface area contributed by atoms with Crippen molar-refractivity contribution in [2.24, 2.45) is 0 Å². The molecule has 4 saturated heterocycles. The average Bonchev–Trinajstić information content (AvgIpc) is 4.05. The fourth-order valence-electron chi connectivity index (χ4n) is 10.1. The van der Waals surface area contributed by atoms with Crippen LogP contribution < -0.4 is 35.2 Å². The summed E-state index contributed by atoms with van der Waals surface area (Å²) in [6, 6.07) is 17.8. The van der Waals surface area contributed by atoms with Crippen LogP contribution in [0.2, 0.25) is 0 Å². The quantitative estimate of drug-likeness (QED) is 0.100. The molecule has 4 fully saturated rings. The molecule has 10 rings (SSSR count). The van der Waals surface area contributed by atoms with E-state index in [-0.39, 0.29) is 24.2 Å². The molecular formula is C55H80N16O4. The highest BCUT2D eigenvalue weighted by atomic mass is 16.6. The Morgan fingerprint density at radius 3 is 1.47 bits per heavy atom. The Hall–Kier alpha value is -6.51. The highest BCUT2D eigenvalue weighted by Gasteiger charge is 2.28. The van der Waals surface area contributed by atoms with Gasteiger partial charge in [0.05, 0.1) is 12.4 Å². The van der Waals surface area contributed by atoms with Crippen LogP contribution in [0, 0.1) is 0 Å². The number of carbonyl (C=O) groups excluding carboxylic acids is 1. The molecule has 0 saturated carbocycles. The number of para-hydroxylation sites is 2. The zero-order valence-corrected chi connectivity index (χ0v) is 45.8. The Bertz CT molecular complexity index is 2810. The van der Waals surface area contributed by atoms with Gasteiger partial charge in [-0.15, -0.1) is 0 Å². The van der Waals surface area contributed by atoms with Gasteiger partial charge in [-0.05, 0) is 95.6 Å². The number of fused-ring (bicyclic) bond motifs is 2. The van der Waals surface area contributed by atoms with E-state index in [4.69, 9.17) is 34.1 Å². The van der Waals surface area contributed by atoms with Gasteiger partial charge in [0, 0.05) is 114 Å². The smallest absolute Gasteiger partial charge is 0.410 e. The summed E-state index contributed by atoms with van der Waals surface area (Å²) >= 11 is 0. The first-order valence-electron chi connectivity index (χ1n) is 27.2. The molecule has 0 unspecified atom stereocenters. The van der Waals surface area contributed by atoms with Crippen molar-refractivity contribution in [1.82, 2.24) is 59.2 Å². The molecule has 4 aliphatic heterocycles. The first-order valence-corrected chi connectivity index (χ1v) is 27.2. The van der Waals surface area contributed by atoms with Gasteiger partial charge >= 0.3 is 18.1 Å². The predicted octanol–water partition coefficient (Wildman–Crippen LogP) is 7.13. The third kappa shape index (κ3) is 13.5. The highest BCUT2D eigenvalue weighted by molar-refractivity contribution is 5.69. The molecule has 6 aromatic rings. The van der Waals surface area contributed by atoms with Crippen molar-refractivity contribution in [3.8, 4) is 12.0 Å². The third-order valence-corrected chi connectivity index (χ3v) is 14.5. The van der Waals surface area contributed by atoms with E-state index in [9.17, 15) is 4.79 Å². The van der Waals surface area contributed by atoms with E-state index >= 15 is 0 Å². The Morgan fingerprint density at radius 2 is 1.04 bits per heavy atom. The van der Waals surface area contributed by atoms with Crippen molar-refractivity contribution in [1.29, 1.82) is 0 Å². The molecule has 0 radical (unpaired) electrons. The molecule has 8 heterocycles. The summed E-state index contributed by atoms with van der Waals surface area (Å²) in [6.45, 7) is 26.3. The topological polar surface area (TPSA) is 183 Å². The average molecular weight is 1030 g/mol. The van der Waals surface area contributed by atoms with Crippen molar-refractivity contribution in [2.75, 3.05) is 113 Å². The molecule has 2 aromatic carbocycles. The van der Waals surface area contributed by atoms with Gasteiger partial charge < -0.3 is 54.7 Å². The Morgan fingerprint density at radius 1 is 0.613 bits per heavy atom. The van der Waals surface area contributed by atoms with Crippen LogP contribution >= 0.6 is 0 Å². The van der Waals surface area contributed by atoms with Crippen molar-refractivity contribution in [3.63, 3.8) is 0 Å². The van der Waals surface area contributed by atoms with Gasteiger partial charge in [-0.1, -0.05) is 64.1 Å². The van der Waals surface area contributed by atoms with Crippen molar-refractivity contribution >= 4 is 40.7 Å². The summed E-state index contributed by atoms with van der Waals surface area (Å²) in [5.41, 5.74) is 8.03. The number of rotatable bonds is 14. The summed E-state index contributed by atoms with van der Waals surface area (Å²) in [5, 5.41) is 19.7. The maximum absolute atomic E-state index is 12.5. The number of piperidine rings is 2. The number of benzene rings is 2.